The Balaban J connectivity index is 2.21. The smallest absolute Gasteiger partial charge is 0.269 e. The van der Waals surface area contributed by atoms with Crippen molar-refractivity contribution >= 4 is 5.69 Å². The lowest BCUT2D eigenvalue weighted by Crippen LogP contribution is -2.37. The van der Waals surface area contributed by atoms with Gasteiger partial charge in [0.1, 0.15) is 6.10 Å². The van der Waals surface area contributed by atoms with Crippen LogP contribution in [0.3, 0.4) is 0 Å². The van der Waals surface area contributed by atoms with Crippen LogP contribution < -0.4 is 5.56 Å². The number of nitro groups is 1. The monoisotopic (exact) mass is 314 g/mol. The zero-order valence-electron chi connectivity index (χ0n) is 13.3. The van der Waals surface area contributed by atoms with E-state index in [-0.39, 0.29) is 11.2 Å². The van der Waals surface area contributed by atoms with Crippen molar-refractivity contribution in [3.8, 4) is 0 Å². The first-order valence-electron chi connectivity index (χ1n) is 7.39. The molecule has 23 heavy (non-hydrogen) atoms. The molecule has 6 heteroatoms. The third-order valence-corrected chi connectivity index (χ3v) is 4.11. The summed E-state index contributed by atoms with van der Waals surface area (Å²) in [5.74, 6) is 0. The lowest BCUT2D eigenvalue weighted by atomic mass is 9.86. The van der Waals surface area contributed by atoms with Crippen molar-refractivity contribution in [1.82, 2.24) is 4.57 Å². The molecular formula is C17H18N2O4. The van der Waals surface area contributed by atoms with E-state index in [2.05, 4.69) is 0 Å². The van der Waals surface area contributed by atoms with E-state index in [1.165, 1.54) is 16.7 Å². The third-order valence-electron chi connectivity index (χ3n) is 4.11. The third kappa shape index (κ3) is 2.77. The molecule has 1 atom stereocenters. The molecule has 0 aliphatic carbocycles. The maximum Gasteiger partial charge on any atom is 0.269 e. The molecule has 0 N–H and O–H groups in total. The largest absolute Gasteiger partial charge is 0.362 e. The van der Waals surface area contributed by atoms with Gasteiger partial charge >= 0.3 is 0 Å². The SMILES string of the molecule is Cn1cccc(C2OC(C)(C)Cc3ccc([N+](=O)[O-])cc32)c1=O. The van der Waals surface area contributed by atoms with Gasteiger partial charge < -0.3 is 9.30 Å². The van der Waals surface area contributed by atoms with Gasteiger partial charge in [0.15, 0.2) is 0 Å². The number of nitrogens with zero attached hydrogens (tertiary/aromatic N) is 2. The highest BCUT2D eigenvalue weighted by Gasteiger charge is 2.36. The van der Waals surface area contributed by atoms with Crippen LogP contribution in [0.4, 0.5) is 5.69 Å². The highest BCUT2D eigenvalue weighted by Crippen LogP contribution is 2.39. The van der Waals surface area contributed by atoms with E-state index >= 15 is 0 Å². The van der Waals surface area contributed by atoms with E-state index in [4.69, 9.17) is 4.74 Å². The summed E-state index contributed by atoms with van der Waals surface area (Å²) in [7, 11) is 1.67. The first-order chi connectivity index (χ1) is 10.8. The van der Waals surface area contributed by atoms with Gasteiger partial charge in [-0.3, -0.25) is 14.9 Å². The molecule has 120 valence electrons. The Morgan fingerprint density at radius 3 is 2.74 bits per heavy atom. The van der Waals surface area contributed by atoms with Gasteiger partial charge in [-0.25, -0.2) is 0 Å². The summed E-state index contributed by atoms with van der Waals surface area (Å²) in [5.41, 5.74) is 1.56. The topological polar surface area (TPSA) is 74.4 Å². The minimum Gasteiger partial charge on any atom is -0.362 e. The fraction of sp³-hybridized carbons (Fsp3) is 0.353. The highest BCUT2D eigenvalue weighted by atomic mass is 16.6. The van der Waals surface area contributed by atoms with Crippen LogP contribution in [0, 0.1) is 10.1 Å². The van der Waals surface area contributed by atoms with Gasteiger partial charge in [-0.05, 0) is 37.1 Å². The Morgan fingerprint density at radius 1 is 1.30 bits per heavy atom. The van der Waals surface area contributed by atoms with Gasteiger partial charge in [-0.1, -0.05) is 6.07 Å². The number of benzene rings is 1. The van der Waals surface area contributed by atoms with E-state index in [1.807, 2.05) is 13.8 Å². The maximum atomic E-state index is 12.5. The molecule has 1 aliphatic rings. The minimum absolute atomic E-state index is 0.00445. The van der Waals surface area contributed by atoms with Gasteiger partial charge in [0.25, 0.3) is 11.2 Å². The number of hydrogen-bond donors (Lipinski definition) is 0. The average Bonchev–Trinajstić information content (AvgIpc) is 2.48. The lowest BCUT2D eigenvalue weighted by Gasteiger charge is -2.37. The van der Waals surface area contributed by atoms with Crippen LogP contribution >= 0.6 is 0 Å². The Labute approximate surface area is 133 Å². The van der Waals surface area contributed by atoms with Crippen LogP contribution in [-0.2, 0) is 18.2 Å². The van der Waals surface area contributed by atoms with Crippen molar-refractivity contribution in [3.63, 3.8) is 0 Å². The van der Waals surface area contributed by atoms with Gasteiger partial charge in [-0.2, -0.15) is 0 Å². The van der Waals surface area contributed by atoms with E-state index in [1.54, 1.807) is 31.4 Å². The van der Waals surface area contributed by atoms with E-state index < -0.39 is 16.6 Å². The molecule has 0 saturated heterocycles. The standard InChI is InChI=1S/C17H18N2O4/c1-17(2)10-11-6-7-12(19(21)22)9-14(11)15(23-17)13-5-4-8-18(3)16(13)20/h4-9,15H,10H2,1-3H3. The number of rotatable bonds is 2. The fourth-order valence-corrected chi connectivity index (χ4v) is 3.03. The summed E-state index contributed by atoms with van der Waals surface area (Å²) >= 11 is 0. The summed E-state index contributed by atoms with van der Waals surface area (Å²) in [4.78, 5) is 23.1. The molecular weight excluding hydrogens is 296 g/mol. The van der Waals surface area contributed by atoms with Crippen molar-refractivity contribution in [1.29, 1.82) is 0 Å². The second kappa shape index (κ2) is 5.31. The second-order valence-electron chi connectivity index (χ2n) is 6.45. The molecule has 0 saturated carbocycles. The Morgan fingerprint density at radius 2 is 2.04 bits per heavy atom. The Bertz CT molecular complexity index is 839. The molecule has 1 aromatic heterocycles. The lowest BCUT2D eigenvalue weighted by molar-refractivity contribution is -0.385. The van der Waals surface area contributed by atoms with Crippen LogP contribution in [0.5, 0.6) is 0 Å². The average molecular weight is 314 g/mol. The van der Waals surface area contributed by atoms with Crippen molar-refractivity contribution in [2.24, 2.45) is 7.05 Å². The predicted octanol–water partition coefficient (Wildman–Crippen LogP) is 2.73. The van der Waals surface area contributed by atoms with Crippen molar-refractivity contribution in [2.75, 3.05) is 0 Å². The van der Waals surface area contributed by atoms with Gasteiger partial charge in [0.2, 0.25) is 0 Å². The van der Waals surface area contributed by atoms with Gasteiger partial charge in [0.05, 0.1) is 16.1 Å². The molecule has 3 rings (SSSR count). The maximum absolute atomic E-state index is 12.5. The van der Waals surface area contributed by atoms with Crippen LogP contribution in [-0.4, -0.2) is 15.1 Å². The number of pyridine rings is 1. The number of aryl methyl sites for hydroxylation is 1. The first kappa shape index (κ1) is 15.4. The summed E-state index contributed by atoms with van der Waals surface area (Å²) in [6, 6.07) is 8.27. The highest BCUT2D eigenvalue weighted by molar-refractivity contribution is 5.45. The van der Waals surface area contributed by atoms with Crippen molar-refractivity contribution in [2.45, 2.75) is 32.0 Å². The number of nitro benzene ring substituents is 1. The van der Waals surface area contributed by atoms with Gasteiger partial charge in [0, 0.05) is 31.8 Å². The number of fused-ring (bicyclic) bond motifs is 1. The number of ether oxygens (including phenoxy) is 1. The first-order valence-corrected chi connectivity index (χ1v) is 7.39. The molecule has 1 unspecified atom stereocenters. The molecule has 0 amide bonds. The summed E-state index contributed by atoms with van der Waals surface area (Å²) in [5, 5.41) is 11.1. The molecule has 0 fully saturated rings. The molecule has 2 aromatic rings. The summed E-state index contributed by atoms with van der Waals surface area (Å²) < 4.78 is 7.60. The van der Waals surface area contributed by atoms with Crippen LogP contribution in [0.15, 0.2) is 41.3 Å². The quantitative estimate of drug-likeness (QED) is 0.631. The Hall–Kier alpha value is -2.47. The zero-order chi connectivity index (χ0) is 16.8. The summed E-state index contributed by atoms with van der Waals surface area (Å²) in [6.45, 7) is 3.91. The predicted molar refractivity (Wildman–Crippen MR) is 85.5 cm³/mol. The van der Waals surface area contributed by atoms with E-state index in [0.29, 0.717) is 17.5 Å². The Kier molecular flexibility index (Phi) is 3.56. The van der Waals surface area contributed by atoms with Crippen molar-refractivity contribution < 1.29 is 9.66 Å². The van der Waals surface area contributed by atoms with E-state index in [0.717, 1.165) is 5.56 Å². The van der Waals surface area contributed by atoms with E-state index in [9.17, 15) is 14.9 Å². The molecule has 6 nitrogen and oxygen atoms in total. The van der Waals surface area contributed by atoms with Crippen LogP contribution in [0.1, 0.15) is 36.6 Å². The molecule has 0 spiro atoms. The zero-order valence-corrected chi connectivity index (χ0v) is 13.3. The molecule has 1 aromatic carbocycles. The normalized spacial score (nSPS) is 19.2. The molecule has 0 radical (unpaired) electrons. The van der Waals surface area contributed by atoms with Gasteiger partial charge in [-0.15, -0.1) is 0 Å². The number of non-ortho nitro benzene ring substituents is 1. The molecule has 1 aliphatic heterocycles. The fourth-order valence-electron chi connectivity index (χ4n) is 3.03. The van der Waals surface area contributed by atoms with Crippen molar-refractivity contribution in [3.05, 3.63) is 73.7 Å². The summed E-state index contributed by atoms with van der Waals surface area (Å²) in [6.07, 6.45) is 1.71. The molecule has 2 heterocycles. The molecule has 0 bridgehead atoms. The number of aromatic nitrogens is 1. The minimum atomic E-state index is -0.603. The second-order valence-corrected chi connectivity index (χ2v) is 6.45. The van der Waals surface area contributed by atoms with Crippen LogP contribution in [0.2, 0.25) is 0 Å². The van der Waals surface area contributed by atoms with Crippen LogP contribution in [0.25, 0.3) is 0 Å². The number of hydrogen-bond acceptors (Lipinski definition) is 4.